The van der Waals surface area contributed by atoms with Crippen LogP contribution in [0.1, 0.15) is 0 Å². The Morgan fingerprint density at radius 2 is 2.00 bits per heavy atom. The number of hydrogen-bond donors (Lipinski definition) is 3. The van der Waals surface area contributed by atoms with E-state index in [0.29, 0.717) is 13.1 Å². The van der Waals surface area contributed by atoms with Gasteiger partial charge in [-0.05, 0) is 19.2 Å². The van der Waals surface area contributed by atoms with E-state index in [9.17, 15) is 5.11 Å². The molecule has 96 valence electrons. The second-order valence-corrected chi connectivity index (χ2v) is 3.66. The number of nitrogens with one attached hydrogen (secondary N) is 2. The molecule has 0 aromatic heterocycles. The molecule has 0 aliphatic rings. The Morgan fingerprint density at radius 1 is 1.24 bits per heavy atom. The number of rotatable bonds is 7. The maximum absolute atomic E-state index is 9.60. The third-order valence-electron chi connectivity index (χ3n) is 2.37. The largest absolute Gasteiger partial charge is 0.497 e. The molecule has 1 unspecified atom stereocenters. The average molecular weight is 240 g/mol. The minimum absolute atomic E-state index is 0.448. The topological polar surface area (TPSA) is 62.8 Å². The predicted molar refractivity (Wildman–Crippen MR) is 68.0 cm³/mol. The first kappa shape index (κ1) is 13.6. The minimum atomic E-state index is -0.448. The standard InChI is InChI=1S/C12H20N2O3/c1-13-7-9(15)8-14-11-6-10(16-2)4-5-12(11)17-3/h4-6,9,13-15H,7-8H2,1-3H3. The highest BCUT2D eigenvalue weighted by molar-refractivity contribution is 5.59. The normalized spacial score (nSPS) is 12.0. The Morgan fingerprint density at radius 3 is 2.59 bits per heavy atom. The van der Waals surface area contributed by atoms with Crippen LogP contribution < -0.4 is 20.1 Å². The van der Waals surface area contributed by atoms with Crippen LogP contribution in [0.15, 0.2) is 18.2 Å². The summed E-state index contributed by atoms with van der Waals surface area (Å²) in [5.41, 5.74) is 0.807. The van der Waals surface area contributed by atoms with Crippen molar-refractivity contribution in [2.45, 2.75) is 6.10 Å². The number of likely N-dealkylation sites (N-methyl/N-ethyl adjacent to an activating group) is 1. The van der Waals surface area contributed by atoms with Crippen molar-refractivity contribution in [2.75, 3.05) is 39.7 Å². The van der Waals surface area contributed by atoms with Crippen LogP contribution in [0.25, 0.3) is 0 Å². The van der Waals surface area contributed by atoms with Crippen LogP contribution >= 0.6 is 0 Å². The van der Waals surface area contributed by atoms with E-state index in [-0.39, 0.29) is 0 Å². The fourth-order valence-electron chi connectivity index (χ4n) is 1.49. The first-order chi connectivity index (χ1) is 8.21. The van der Waals surface area contributed by atoms with Crippen molar-refractivity contribution in [3.8, 4) is 11.5 Å². The Kier molecular flexibility index (Phi) is 5.59. The molecule has 0 bridgehead atoms. The van der Waals surface area contributed by atoms with Crippen molar-refractivity contribution in [3.05, 3.63) is 18.2 Å². The van der Waals surface area contributed by atoms with Gasteiger partial charge in [0, 0.05) is 19.2 Å². The number of hydrogen-bond acceptors (Lipinski definition) is 5. The molecule has 0 radical (unpaired) electrons. The molecule has 5 heteroatoms. The van der Waals surface area contributed by atoms with Crippen LogP contribution in [-0.4, -0.2) is 45.6 Å². The lowest BCUT2D eigenvalue weighted by Crippen LogP contribution is -2.30. The van der Waals surface area contributed by atoms with E-state index in [1.54, 1.807) is 21.3 Å². The lowest BCUT2D eigenvalue weighted by Gasteiger charge is -2.15. The molecule has 1 aromatic rings. The fraction of sp³-hybridized carbons (Fsp3) is 0.500. The molecule has 0 saturated carbocycles. The summed E-state index contributed by atoms with van der Waals surface area (Å²) in [6, 6.07) is 5.49. The van der Waals surface area contributed by atoms with Gasteiger partial charge in [-0.3, -0.25) is 0 Å². The van der Waals surface area contributed by atoms with Crippen molar-refractivity contribution in [1.29, 1.82) is 0 Å². The smallest absolute Gasteiger partial charge is 0.142 e. The van der Waals surface area contributed by atoms with Crippen molar-refractivity contribution in [3.63, 3.8) is 0 Å². The van der Waals surface area contributed by atoms with Crippen LogP contribution in [0.2, 0.25) is 0 Å². The van der Waals surface area contributed by atoms with E-state index < -0.39 is 6.10 Å². The van der Waals surface area contributed by atoms with Gasteiger partial charge >= 0.3 is 0 Å². The van der Waals surface area contributed by atoms with Crippen LogP contribution in [0.5, 0.6) is 11.5 Å². The maximum atomic E-state index is 9.60. The molecular weight excluding hydrogens is 220 g/mol. The molecule has 1 atom stereocenters. The summed E-state index contributed by atoms with van der Waals surface area (Å²) in [5, 5.41) is 15.6. The second kappa shape index (κ2) is 6.98. The van der Waals surface area contributed by atoms with Gasteiger partial charge in [0.2, 0.25) is 0 Å². The van der Waals surface area contributed by atoms with Crippen LogP contribution in [-0.2, 0) is 0 Å². The zero-order valence-electron chi connectivity index (χ0n) is 10.5. The van der Waals surface area contributed by atoms with E-state index in [1.165, 1.54) is 0 Å². The van der Waals surface area contributed by atoms with Crippen LogP contribution in [0.4, 0.5) is 5.69 Å². The SMILES string of the molecule is CNCC(O)CNc1cc(OC)ccc1OC. The quantitative estimate of drug-likeness (QED) is 0.654. The average Bonchev–Trinajstić information content (AvgIpc) is 2.36. The molecule has 3 N–H and O–H groups in total. The van der Waals surface area contributed by atoms with E-state index in [0.717, 1.165) is 17.2 Å². The molecule has 0 aliphatic heterocycles. The minimum Gasteiger partial charge on any atom is -0.497 e. The maximum Gasteiger partial charge on any atom is 0.142 e. The van der Waals surface area contributed by atoms with Crippen LogP contribution in [0.3, 0.4) is 0 Å². The summed E-state index contributed by atoms with van der Waals surface area (Å²) in [6.45, 7) is 0.990. The number of ether oxygens (including phenoxy) is 2. The summed E-state index contributed by atoms with van der Waals surface area (Å²) in [4.78, 5) is 0. The number of aliphatic hydroxyl groups is 1. The zero-order chi connectivity index (χ0) is 12.7. The molecule has 0 spiro atoms. The summed E-state index contributed by atoms with van der Waals surface area (Å²) in [6.07, 6.45) is -0.448. The Balaban J connectivity index is 2.67. The summed E-state index contributed by atoms with van der Waals surface area (Å²) >= 11 is 0. The molecular formula is C12H20N2O3. The van der Waals surface area contributed by atoms with Gasteiger partial charge in [-0.25, -0.2) is 0 Å². The van der Waals surface area contributed by atoms with Gasteiger partial charge in [0.25, 0.3) is 0 Å². The number of benzene rings is 1. The van der Waals surface area contributed by atoms with Crippen molar-refractivity contribution in [2.24, 2.45) is 0 Å². The van der Waals surface area contributed by atoms with E-state index in [4.69, 9.17) is 9.47 Å². The fourth-order valence-corrected chi connectivity index (χ4v) is 1.49. The summed E-state index contributed by atoms with van der Waals surface area (Å²) in [5.74, 6) is 1.47. The van der Waals surface area contributed by atoms with Gasteiger partial charge in [-0.2, -0.15) is 0 Å². The van der Waals surface area contributed by atoms with Gasteiger partial charge in [0.1, 0.15) is 11.5 Å². The lowest BCUT2D eigenvalue weighted by molar-refractivity contribution is 0.187. The lowest BCUT2D eigenvalue weighted by atomic mass is 10.2. The Hall–Kier alpha value is -1.46. The first-order valence-electron chi connectivity index (χ1n) is 5.49. The summed E-state index contributed by atoms with van der Waals surface area (Å²) < 4.78 is 10.4. The van der Waals surface area contributed by atoms with E-state index in [1.807, 2.05) is 18.2 Å². The predicted octanol–water partition coefficient (Wildman–Crippen LogP) is 0.696. The number of methoxy groups -OCH3 is 2. The van der Waals surface area contributed by atoms with Gasteiger partial charge in [-0.1, -0.05) is 0 Å². The van der Waals surface area contributed by atoms with Gasteiger partial charge < -0.3 is 25.2 Å². The summed E-state index contributed by atoms with van der Waals surface area (Å²) in [7, 11) is 5.02. The van der Waals surface area contributed by atoms with Crippen LogP contribution in [0, 0.1) is 0 Å². The molecule has 0 saturated heterocycles. The van der Waals surface area contributed by atoms with Crippen molar-refractivity contribution >= 4 is 5.69 Å². The highest BCUT2D eigenvalue weighted by atomic mass is 16.5. The molecule has 0 heterocycles. The Bertz CT molecular complexity index is 345. The molecule has 17 heavy (non-hydrogen) atoms. The Labute approximate surface area is 102 Å². The van der Waals surface area contributed by atoms with Gasteiger partial charge in [0.15, 0.2) is 0 Å². The molecule has 0 fully saturated rings. The number of anilines is 1. The first-order valence-corrected chi connectivity index (χ1v) is 5.49. The highest BCUT2D eigenvalue weighted by Gasteiger charge is 2.07. The second-order valence-electron chi connectivity index (χ2n) is 3.66. The molecule has 5 nitrogen and oxygen atoms in total. The molecule has 1 aromatic carbocycles. The molecule has 1 rings (SSSR count). The highest BCUT2D eigenvalue weighted by Crippen LogP contribution is 2.28. The number of aliphatic hydroxyl groups excluding tert-OH is 1. The van der Waals surface area contributed by atoms with Crippen molar-refractivity contribution in [1.82, 2.24) is 5.32 Å². The third kappa shape index (κ3) is 4.13. The van der Waals surface area contributed by atoms with Gasteiger partial charge in [0.05, 0.1) is 26.0 Å². The van der Waals surface area contributed by atoms with Gasteiger partial charge in [-0.15, -0.1) is 0 Å². The monoisotopic (exact) mass is 240 g/mol. The third-order valence-corrected chi connectivity index (χ3v) is 2.37. The molecule has 0 aliphatic carbocycles. The zero-order valence-corrected chi connectivity index (χ0v) is 10.5. The van der Waals surface area contributed by atoms with E-state index >= 15 is 0 Å². The molecule has 0 amide bonds. The van der Waals surface area contributed by atoms with E-state index in [2.05, 4.69) is 10.6 Å². The van der Waals surface area contributed by atoms with Crippen molar-refractivity contribution < 1.29 is 14.6 Å².